The lowest BCUT2D eigenvalue weighted by atomic mass is 10.0. The third kappa shape index (κ3) is 8.48. The molecule has 14 heavy (non-hydrogen) atoms. The minimum Gasteiger partial charge on any atom is -0.389 e. The van der Waals surface area contributed by atoms with Gasteiger partial charge in [0.2, 0.25) is 0 Å². The van der Waals surface area contributed by atoms with Crippen LogP contribution in [0.3, 0.4) is 0 Å². The molecule has 2 unspecified atom stereocenters. The molecule has 2 N–H and O–H groups in total. The first-order valence-electron chi connectivity index (χ1n) is 5.46. The van der Waals surface area contributed by atoms with Crippen molar-refractivity contribution in [1.82, 2.24) is 5.32 Å². The fraction of sp³-hybridized carbons (Fsp3) is 1.00. The van der Waals surface area contributed by atoms with E-state index in [0.717, 1.165) is 12.3 Å². The van der Waals surface area contributed by atoms with E-state index < -0.39 is 0 Å². The van der Waals surface area contributed by atoms with Crippen LogP contribution in [0.25, 0.3) is 0 Å². The number of hydrogen-bond donors (Lipinski definition) is 2. The van der Waals surface area contributed by atoms with Gasteiger partial charge in [0, 0.05) is 19.7 Å². The SMILES string of the molecule is COCC(O)CNC(C)CCC(C)C. The Kier molecular flexibility index (Phi) is 8.14. The summed E-state index contributed by atoms with van der Waals surface area (Å²) in [5, 5.41) is 12.7. The van der Waals surface area contributed by atoms with Crippen LogP contribution in [0, 0.1) is 5.92 Å². The molecule has 0 fully saturated rings. The summed E-state index contributed by atoms with van der Waals surface area (Å²) in [5.74, 6) is 0.753. The molecule has 0 bridgehead atoms. The van der Waals surface area contributed by atoms with Gasteiger partial charge in [-0.1, -0.05) is 13.8 Å². The molecule has 0 heterocycles. The summed E-state index contributed by atoms with van der Waals surface area (Å²) in [6, 6.07) is 0.476. The molecule has 3 nitrogen and oxygen atoms in total. The minimum atomic E-state index is -0.388. The van der Waals surface area contributed by atoms with Crippen molar-refractivity contribution >= 4 is 0 Å². The van der Waals surface area contributed by atoms with Gasteiger partial charge in [0.25, 0.3) is 0 Å². The molecule has 2 atom stereocenters. The summed E-state index contributed by atoms with van der Waals surface area (Å²) in [4.78, 5) is 0. The Morgan fingerprint density at radius 2 is 1.86 bits per heavy atom. The number of aliphatic hydroxyl groups excluding tert-OH is 1. The van der Waals surface area contributed by atoms with Gasteiger partial charge in [-0.2, -0.15) is 0 Å². The van der Waals surface area contributed by atoms with Crippen LogP contribution >= 0.6 is 0 Å². The third-order valence-electron chi connectivity index (χ3n) is 2.24. The molecule has 0 amide bonds. The monoisotopic (exact) mass is 203 g/mol. The van der Waals surface area contributed by atoms with Crippen LogP contribution in [0.1, 0.15) is 33.6 Å². The lowest BCUT2D eigenvalue weighted by molar-refractivity contribution is 0.0628. The zero-order chi connectivity index (χ0) is 11.0. The third-order valence-corrected chi connectivity index (χ3v) is 2.24. The van der Waals surface area contributed by atoms with Gasteiger partial charge in [-0.05, 0) is 25.7 Å². The highest BCUT2D eigenvalue weighted by Gasteiger charge is 2.06. The molecule has 0 aromatic rings. The molecular weight excluding hydrogens is 178 g/mol. The van der Waals surface area contributed by atoms with E-state index in [0.29, 0.717) is 19.2 Å². The zero-order valence-electron chi connectivity index (χ0n) is 9.92. The minimum absolute atomic E-state index is 0.388. The smallest absolute Gasteiger partial charge is 0.0897 e. The quantitative estimate of drug-likeness (QED) is 0.626. The molecule has 0 aliphatic rings. The molecule has 86 valence electrons. The van der Waals surface area contributed by atoms with Crippen LogP contribution in [0.5, 0.6) is 0 Å². The number of nitrogens with one attached hydrogen (secondary N) is 1. The predicted molar refractivity (Wildman–Crippen MR) is 59.4 cm³/mol. The lowest BCUT2D eigenvalue weighted by Crippen LogP contribution is -2.35. The first-order chi connectivity index (χ1) is 6.56. The van der Waals surface area contributed by atoms with E-state index in [1.165, 1.54) is 6.42 Å². The van der Waals surface area contributed by atoms with Gasteiger partial charge in [0.05, 0.1) is 12.7 Å². The van der Waals surface area contributed by atoms with Crippen molar-refractivity contribution in [3.05, 3.63) is 0 Å². The van der Waals surface area contributed by atoms with Gasteiger partial charge < -0.3 is 15.2 Å². The van der Waals surface area contributed by atoms with E-state index in [4.69, 9.17) is 4.74 Å². The molecule has 3 heteroatoms. The molecule has 0 rings (SSSR count). The Morgan fingerprint density at radius 3 is 2.36 bits per heavy atom. The Hall–Kier alpha value is -0.120. The number of methoxy groups -OCH3 is 1. The second kappa shape index (κ2) is 8.21. The average molecular weight is 203 g/mol. The summed E-state index contributed by atoms with van der Waals surface area (Å²) in [7, 11) is 1.60. The van der Waals surface area contributed by atoms with Gasteiger partial charge in [0.1, 0.15) is 0 Å². The number of hydrogen-bond acceptors (Lipinski definition) is 3. The fourth-order valence-electron chi connectivity index (χ4n) is 1.27. The Bertz CT molecular complexity index is 128. The Morgan fingerprint density at radius 1 is 1.21 bits per heavy atom. The fourth-order valence-corrected chi connectivity index (χ4v) is 1.27. The van der Waals surface area contributed by atoms with Crippen molar-refractivity contribution < 1.29 is 9.84 Å². The molecule has 0 aromatic heterocycles. The van der Waals surface area contributed by atoms with Crippen molar-refractivity contribution in [2.75, 3.05) is 20.3 Å². The van der Waals surface area contributed by atoms with Crippen LogP contribution in [-0.4, -0.2) is 37.5 Å². The number of ether oxygens (including phenoxy) is 1. The summed E-state index contributed by atoms with van der Waals surface area (Å²) in [6.07, 6.45) is 2.01. The van der Waals surface area contributed by atoms with Crippen molar-refractivity contribution in [2.24, 2.45) is 5.92 Å². The van der Waals surface area contributed by atoms with Crippen LogP contribution < -0.4 is 5.32 Å². The van der Waals surface area contributed by atoms with Crippen molar-refractivity contribution in [3.63, 3.8) is 0 Å². The first kappa shape index (κ1) is 13.9. The van der Waals surface area contributed by atoms with E-state index in [-0.39, 0.29) is 6.10 Å². The molecule has 0 spiro atoms. The van der Waals surface area contributed by atoms with Crippen molar-refractivity contribution in [2.45, 2.75) is 45.8 Å². The highest BCUT2D eigenvalue weighted by molar-refractivity contribution is 4.65. The number of rotatable bonds is 8. The first-order valence-corrected chi connectivity index (χ1v) is 5.46. The molecule has 0 aliphatic heterocycles. The van der Waals surface area contributed by atoms with E-state index in [2.05, 4.69) is 26.1 Å². The van der Waals surface area contributed by atoms with Crippen molar-refractivity contribution in [3.8, 4) is 0 Å². The average Bonchev–Trinajstić information content (AvgIpc) is 2.12. The Labute approximate surface area is 87.8 Å². The van der Waals surface area contributed by atoms with Crippen LogP contribution in [0.4, 0.5) is 0 Å². The zero-order valence-corrected chi connectivity index (χ0v) is 9.92. The van der Waals surface area contributed by atoms with E-state index in [1.54, 1.807) is 7.11 Å². The normalized spacial score (nSPS) is 15.9. The van der Waals surface area contributed by atoms with Crippen LogP contribution in [0.15, 0.2) is 0 Å². The molecule has 0 aliphatic carbocycles. The van der Waals surface area contributed by atoms with Crippen LogP contribution in [0.2, 0.25) is 0 Å². The highest BCUT2D eigenvalue weighted by atomic mass is 16.5. The number of aliphatic hydroxyl groups is 1. The largest absolute Gasteiger partial charge is 0.389 e. The van der Waals surface area contributed by atoms with E-state index >= 15 is 0 Å². The summed E-state index contributed by atoms with van der Waals surface area (Å²) in [6.45, 7) is 7.64. The molecule has 0 saturated heterocycles. The summed E-state index contributed by atoms with van der Waals surface area (Å²) < 4.78 is 4.84. The summed E-state index contributed by atoms with van der Waals surface area (Å²) >= 11 is 0. The van der Waals surface area contributed by atoms with Crippen molar-refractivity contribution in [1.29, 1.82) is 0 Å². The Balaban J connectivity index is 3.38. The molecule has 0 aromatic carbocycles. The van der Waals surface area contributed by atoms with Gasteiger partial charge in [-0.3, -0.25) is 0 Å². The second-order valence-corrected chi connectivity index (χ2v) is 4.39. The van der Waals surface area contributed by atoms with Gasteiger partial charge in [-0.25, -0.2) is 0 Å². The van der Waals surface area contributed by atoms with E-state index in [9.17, 15) is 5.11 Å². The van der Waals surface area contributed by atoms with Crippen LogP contribution in [-0.2, 0) is 4.74 Å². The standard InChI is InChI=1S/C11H25NO2/c1-9(2)5-6-10(3)12-7-11(13)8-14-4/h9-13H,5-8H2,1-4H3. The van der Waals surface area contributed by atoms with Gasteiger partial charge in [-0.15, -0.1) is 0 Å². The molecule has 0 radical (unpaired) electrons. The lowest BCUT2D eigenvalue weighted by Gasteiger charge is -2.17. The molecular formula is C11H25NO2. The van der Waals surface area contributed by atoms with E-state index in [1.807, 2.05) is 0 Å². The topological polar surface area (TPSA) is 41.5 Å². The summed E-state index contributed by atoms with van der Waals surface area (Å²) in [5.41, 5.74) is 0. The maximum atomic E-state index is 9.39. The van der Waals surface area contributed by atoms with Gasteiger partial charge >= 0.3 is 0 Å². The predicted octanol–water partition coefficient (Wildman–Crippen LogP) is 1.41. The molecule has 0 saturated carbocycles. The highest BCUT2D eigenvalue weighted by Crippen LogP contribution is 2.06. The van der Waals surface area contributed by atoms with Gasteiger partial charge in [0.15, 0.2) is 0 Å². The maximum Gasteiger partial charge on any atom is 0.0897 e. The maximum absolute atomic E-state index is 9.39. The second-order valence-electron chi connectivity index (χ2n) is 4.39.